The number of hydrogen-bond acceptors (Lipinski definition) is 2. The van der Waals surface area contributed by atoms with Crippen LogP contribution < -0.4 is 0 Å². The summed E-state index contributed by atoms with van der Waals surface area (Å²) in [5.74, 6) is 1.17. The number of rotatable bonds is 9. The van der Waals surface area contributed by atoms with Gasteiger partial charge in [0, 0.05) is 19.4 Å². The maximum atomic E-state index is 12.4. The summed E-state index contributed by atoms with van der Waals surface area (Å²) in [6.07, 6.45) is 9.17. The number of carbonyl (C=O) groups excluding carboxylic acids is 1. The van der Waals surface area contributed by atoms with Crippen LogP contribution >= 0.6 is 0 Å². The monoisotopic (exact) mass is 278 g/mol. The Labute approximate surface area is 124 Å². The van der Waals surface area contributed by atoms with Gasteiger partial charge in [0.2, 0.25) is 0 Å². The van der Waals surface area contributed by atoms with Gasteiger partial charge in [-0.25, -0.2) is 0 Å². The van der Waals surface area contributed by atoms with Gasteiger partial charge in [-0.05, 0) is 26.2 Å². The first-order valence-electron chi connectivity index (χ1n) is 7.87. The van der Waals surface area contributed by atoms with E-state index >= 15 is 0 Å². The maximum Gasteiger partial charge on any atom is 0.162 e. The van der Waals surface area contributed by atoms with Crippen LogP contribution in [0.15, 0.2) is 23.3 Å². The lowest BCUT2D eigenvalue weighted by atomic mass is 9.87. The van der Waals surface area contributed by atoms with Crippen molar-refractivity contribution in [3.05, 3.63) is 23.3 Å². The predicted molar refractivity (Wildman–Crippen MR) is 84.7 cm³/mol. The summed E-state index contributed by atoms with van der Waals surface area (Å²) in [6.45, 7) is 8.66. The number of methoxy groups -OCH3 is 1. The van der Waals surface area contributed by atoms with Crippen LogP contribution in [0.5, 0.6) is 0 Å². The quantitative estimate of drug-likeness (QED) is 0.571. The number of unbranched alkanes of at least 4 members (excludes halogenated alkanes) is 2. The molecule has 114 valence electrons. The summed E-state index contributed by atoms with van der Waals surface area (Å²) in [6, 6.07) is 0. The number of allylic oxidation sites excluding steroid dienone is 2. The SMILES string of the molecule is COC(C(=O)CCCCCC(C)C)C1C(C)=CC=C1C. The first-order chi connectivity index (χ1) is 9.47. The van der Waals surface area contributed by atoms with Crippen LogP contribution in [-0.4, -0.2) is 19.0 Å². The molecule has 2 heteroatoms. The number of ether oxygens (including phenoxy) is 1. The Morgan fingerprint density at radius 2 is 1.75 bits per heavy atom. The van der Waals surface area contributed by atoms with E-state index in [2.05, 4.69) is 39.8 Å². The highest BCUT2D eigenvalue weighted by molar-refractivity contribution is 5.84. The van der Waals surface area contributed by atoms with Gasteiger partial charge in [-0.15, -0.1) is 0 Å². The minimum absolute atomic E-state index is 0.156. The average Bonchev–Trinajstić information content (AvgIpc) is 2.71. The van der Waals surface area contributed by atoms with E-state index in [9.17, 15) is 4.79 Å². The maximum absolute atomic E-state index is 12.4. The Balaban J connectivity index is 2.40. The largest absolute Gasteiger partial charge is 0.373 e. The van der Waals surface area contributed by atoms with Crippen molar-refractivity contribution in [1.29, 1.82) is 0 Å². The summed E-state index contributed by atoms with van der Waals surface area (Å²) in [4.78, 5) is 12.4. The summed E-state index contributed by atoms with van der Waals surface area (Å²) < 4.78 is 5.50. The molecule has 0 aliphatic heterocycles. The zero-order chi connectivity index (χ0) is 15.1. The van der Waals surface area contributed by atoms with Gasteiger partial charge in [0.25, 0.3) is 0 Å². The molecule has 0 aromatic carbocycles. The van der Waals surface area contributed by atoms with E-state index in [1.54, 1.807) is 7.11 Å². The van der Waals surface area contributed by atoms with Crippen molar-refractivity contribution in [2.75, 3.05) is 7.11 Å². The van der Waals surface area contributed by atoms with Gasteiger partial charge in [0.15, 0.2) is 5.78 Å². The van der Waals surface area contributed by atoms with E-state index in [-0.39, 0.29) is 17.8 Å². The summed E-state index contributed by atoms with van der Waals surface area (Å²) in [5.41, 5.74) is 2.48. The lowest BCUT2D eigenvalue weighted by Crippen LogP contribution is -2.32. The van der Waals surface area contributed by atoms with E-state index in [0.29, 0.717) is 6.42 Å². The highest BCUT2D eigenvalue weighted by Gasteiger charge is 2.31. The molecule has 0 bridgehead atoms. The minimum atomic E-state index is -0.296. The number of hydrogen-bond donors (Lipinski definition) is 0. The molecule has 0 spiro atoms. The van der Waals surface area contributed by atoms with Gasteiger partial charge in [-0.3, -0.25) is 4.79 Å². The molecule has 1 aliphatic carbocycles. The number of ketones is 1. The molecule has 1 unspecified atom stereocenters. The molecule has 0 N–H and O–H groups in total. The second-order valence-electron chi connectivity index (χ2n) is 6.41. The van der Waals surface area contributed by atoms with Crippen LogP contribution in [0, 0.1) is 11.8 Å². The Hall–Kier alpha value is -0.890. The summed E-state index contributed by atoms with van der Waals surface area (Å²) in [7, 11) is 1.65. The molecule has 0 aromatic heterocycles. The Kier molecular flexibility index (Phi) is 7.22. The lowest BCUT2D eigenvalue weighted by Gasteiger charge is -2.24. The fraction of sp³-hybridized carbons (Fsp3) is 0.722. The first kappa shape index (κ1) is 17.2. The highest BCUT2D eigenvalue weighted by Crippen LogP contribution is 2.31. The molecule has 0 saturated heterocycles. The van der Waals surface area contributed by atoms with Crippen molar-refractivity contribution >= 4 is 5.78 Å². The minimum Gasteiger partial charge on any atom is -0.373 e. The first-order valence-corrected chi connectivity index (χ1v) is 7.87. The molecule has 0 fully saturated rings. The third kappa shape index (κ3) is 4.90. The van der Waals surface area contributed by atoms with Crippen molar-refractivity contribution in [2.45, 2.75) is 65.9 Å². The van der Waals surface area contributed by atoms with Crippen LogP contribution in [0.25, 0.3) is 0 Å². The zero-order valence-electron chi connectivity index (χ0n) is 13.7. The second kappa shape index (κ2) is 8.41. The van der Waals surface area contributed by atoms with Crippen molar-refractivity contribution in [3.8, 4) is 0 Å². The third-order valence-electron chi connectivity index (χ3n) is 4.17. The summed E-state index contributed by atoms with van der Waals surface area (Å²) >= 11 is 0. The fourth-order valence-corrected chi connectivity index (χ4v) is 2.93. The number of carbonyl (C=O) groups is 1. The molecular weight excluding hydrogens is 248 g/mol. The van der Waals surface area contributed by atoms with Crippen LogP contribution in [0.3, 0.4) is 0 Å². The molecule has 0 saturated carbocycles. The van der Waals surface area contributed by atoms with Crippen LogP contribution in [0.2, 0.25) is 0 Å². The van der Waals surface area contributed by atoms with E-state index < -0.39 is 0 Å². The smallest absolute Gasteiger partial charge is 0.162 e. The standard InChI is InChI=1S/C18H30O2/c1-13(2)9-7-6-8-10-16(19)18(20-5)17-14(3)11-12-15(17)4/h11-13,17-18H,6-10H2,1-5H3. The predicted octanol–water partition coefficient (Wildman–Crippen LogP) is 4.70. The normalized spacial score (nSPS) is 17.3. The van der Waals surface area contributed by atoms with Gasteiger partial charge in [-0.2, -0.15) is 0 Å². The van der Waals surface area contributed by atoms with Crippen molar-refractivity contribution in [2.24, 2.45) is 11.8 Å². The van der Waals surface area contributed by atoms with Crippen LogP contribution in [-0.2, 0) is 9.53 Å². The molecule has 20 heavy (non-hydrogen) atoms. The molecular formula is C18H30O2. The number of Topliss-reactive ketones (excluding diaryl/α,β-unsaturated/α-hetero) is 1. The molecule has 0 amide bonds. The van der Waals surface area contributed by atoms with E-state index in [0.717, 1.165) is 18.8 Å². The Bertz CT molecular complexity index is 359. The van der Waals surface area contributed by atoms with Crippen molar-refractivity contribution < 1.29 is 9.53 Å². The topological polar surface area (TPSA) is 26.3 Å². The van der Waals surface area contributed by atoms with E-state index in [1.165, 1.54) is 24.0 Å². The fourth-order valence-electron chi connectivity index (χ4n) is 2.93. The Morgan fingerprint density at radius 1 is 1.15 bits per heavy atom. The van der Waals surface area contributed by atoms with Gasteiger partial charge in [-0.1, -0.05) is 56.4 Å². The molecule has 1 atom stereocenters. The molecule has 0 heterocycles. The van der Waals surface area contributed by atoms with Crippen molar-refractivity contribution in [3.63, 3.8) is 0 Å². The van der Waals surface area contributed by atoms with Gasteiger partial charge >= 0.3 is 0 Å². The molecule has 1 rings (SSSR count). The lowest BCUT2D eigenvalue weighted by molar-refractivity contribution is -0.130. The highest BCUT2D eigenvalue weighted by atomic mass is 16.5. The van der Waals surface area contributed by atoms with Crippen LogP contribution in [0.1, 0.15) is 59.8 Å². The van der Waals surface area contributed by atoms with Gasteiger partial charge in [0.05, 0.1) is 0 Å². The van der Waals surface area contributed by atoms with Gasteiger partial charge in [0.1, 0.15) is 6.10 Å². The summed E-state index contributed by atoms with van der Waals surface area (Å²) in [5, 5.41) is 0. The van der Waals surface area contributed by atoms with Crippen LogP contribution in [0.4, 0.5) is 0 Å². The van der Waals surface area contributed by atoms with E-state index in [1.807, 2.05) is 0 Å². The zero-order valence-corrected chi connectivity index (χ0v) is 13.7. The van der Waals surface area contributed by atoms with E-state index in [4.69, 9.17) is 4.74 Å². The van der Waals surface area contributed by atoms with Gasteiger partial charge < -0.3 is 4.74 Å². The third-order valence-corrected chi connectivity index (χ3v) is 4.17. The molecule has 2 nitrogen and oxygen atoms in total. The second-order valence-corrected chi connectivity index (χ2v) is 6.41. The molecule has 0 radical (unpaired) electrons. The molecule has 0 aromatic rings. The molecule has 1 aliphatic rings. The van der Waals surface area contributed by atoms with Crippen molar-refractivity contribution in [1.82, 2.24) is 0 Å². The Morgan fingerprint density at radius 3 is 2.25 bits per heavy atom. The average molecular weight is 278 g/mol.